The van der Waals surface area contributed by atoms with Gasteiger partial charge in [0.15, 0.2) is 0 Å². The van der Waals surface area contributed by atoms with Crippen molar-refractivity contribution >= 4 is 21.4 Å². The number of nitrogens with one attached hydrogen (secondary N) is 1. The number of primary sulfonamides is 1. The van der Waals surface area contributed by atoms with Crippen LogP contribution in [0.5, 0.6) is 0 Å². The number of ether oxygens (including phenoxy) is 1. The molecule has 1 aliphatic rings. The van der Waals surface area contributed by atoms with Gasteiger partial charge in [-0.25, -0.2) is 13.6 Å². The van der Waals surface area contributed by atoms with E-state index in [4.69, 9.17) is 9.88 Å². The van der Waals surface area contributed by atoms with E-state index < -0.39 is 14.9 Å². The van der Waals surface area contributed by atoms with Crippen LogP contribution in [-0.2, 0) is 14.8 Å². The highest BCUT2D eigenvalue weighted by atomic mass is 32.2. The maximum Gasteiger partial charge on any atom is 0.293 e. The van der Waals surface area contributed by atoms with Crippen LogP contribution < -0.4 is 10.5 Å². The lowest BCUT2D eigenvalue weighted by atomic mass is 9.88. The van der Waals surface area contributed by atoms with Gasteiger partial charge in [-0.15, -0.1) is 0 Å². The summed E-state index contributed by atoms with van der Waals surface area (Å²) >= 11 is 0. The van der Waals surface area contributed by atoms with Gasteiger partial charge in [0, 0.05) is 19.2 Å². The molecule has 8 nitrogen and oxygen atoms in total. The van der Waals surface area contributed by atoms with Gasteiger partial charge in [0.1, 0.15) is 5.69 Å². The Hall–Kier alpha value is -1.71. The quantitative estimate of drug-likeness (QED) is 0.621. The number of benzene rings is 1. The fraction of sp³-hybridized carbons (Fsp3) is 0.571. The highest BCUT2D eigenvalue weighted by Gasteiger charge is 2.29. The van der Waals surface area contributed by atoms with E-state index in [1.807, 2.05) is 13.8 Å². The zero-order chi connectivity index (χ0) is 17.3. The molecule has 1 aromatic rings. The monoisotopic (exact) mass is 343 g/mol. The average Bonchev–Trinajstić information content (AvgIpc) is 2.42. The first kappa shape index (κ1) is 17.6. The van der Waals surface area contributed by atoms with Crippen LogP contribution in [0.3, 0.4) is 0 Å². The molecule has 0 saturated carbocycles. The number of hydrogen-bond donors (Lipinski definition) is 2. The van der Waals surface area contributed by atoms with E-state index in [2.05, 4.69) is 5.32 Å². The third kappa shape index (κ3) is 4.63. The highest BCUT2D eigenvalue weighted by molar-refractivity contribution is 7.89. The topological polar surface area (TPSA) is 125 Å². The lowest BCUT2D eigenvalue weighted by molar-refractivity contribution is -0.384. The van der Waals surface area contributed by atoms with Crippen molar-refractivity contribution in [3.63, 3.8) is 0 Å². The summed E-state index contributed by atoms with van der Waals surface area (Å²) in [6.07, 6.45) is 1.72. The number of sulfonamides is 1. The summed E-state index contributed by atoms with van der Waals surface area (Å²) in [4.78, 5) is 10.3. The predicted molar refractivity (Wildman–Crippen MR) is 85.7 cm³/mol. The van der Waals surface area contributed by atoms with Crippen LogP contribution in [0.1, 0.15) is 26.7 Å². The van der Waals surface area contributed by atoms with Crippen molar-refractivity contribution < 1.29 is 18.1 Å². The Morgan fingerprint density at radius 1 is 1.48 bits per heavy atom. The van der Waals surface area contributed by atoms with Gasteiger partial charge in [0.05, 0.1) is 15.4 Å². The number of hydrogen-bond acceptors (Lipinski definition) is 6. The van der Waals surface area contributed by atoms with E-state index in [1.54, 1.807) is 0 Å². The average molecular weight is 343 g/mol. The lowest BCUT2D eigenvalue weighted by Gasteiger charge is -2.35. The van der Waals surface area contributed by atoms with Crippen LogP contribution >= 0.6 is 0 Å². The van der Waals surface area contributed by atoms with Gasteiger partial charge in [-0.05, 0) is 44.7 Å². The summed E-state index contributed by atoms with van der Waals surface area (Å²) < 4.78 is 28.3. The minimum absolute atomic E-state index is 0.200. The number of nitrogens with zero attached hydrogens (tertiary/aromatic N) is 1. The second kappa shape index (κ2) is 6.42. The maximum absolute atomic E-state index is 11.3. The minimum atomic E-state index is -3.98. The lowest BCUT2D eigenvalue weighted by Crippen LogP contribution is -2.36. The molecule has 9 heteroatoms. The molecule has 3 N–H and O–H groups in total. The molecule has 0 aromatic heterocycles. The highest BCUT2D eigenvalue weighted by Crippen LogP contribution is 2.31. The van der Waals surface area contributed by atoms with Crippen molar-refractivity contribution in [1.29, 1.82) is 0 Å². The molecular formula is C14H21N3O5S. The fourth-order valence-electron chi connectivity index (χ4n) is 2.78. The van der Waals surface area contributed by atoms with E-state index in [0.29, 0.717) is 19.1 Å². The molecule has 1 atom stereocenters. The van der Waals surface area contributed by atoms with Gasteiger partial charge in [-0.2, -0.15) is 0 Å². The third-order valence-electron chi connectivity index (χ3n) is 3.87. The zero-order valence-electron chi connectivity index (χ0n) is 13.1. The summed E-state index contributed by atoms with van der Waals surface area (Å²) in [5, 5.41) is 19.2. The van der Waals surface area contributed by atoms with Crippen LogP contribution in [0.4, 0.5) is 11.4 Å². The minimum Gasteiger partial charge on any atom is -0.379 e. The Bertz CT molecular complexity index is 702. The number of nitrogens with two attached hydrogens (primary N) is 1. The molecule has 0 bridgehead atoms. The Balaban J connectivity index is 2.15. The standard InChI is InChI=1S/C14H21N3O5S/c1-14(2)8-10(5-6-22-14)9-16-12-4-3-11(23(15,20)21)7-13(12)17(18)19/h3-4,7,10,16H,5-6,8-9H2,1-2H3,(H2,15,20,21)/t10-/m0/s1. The third-order valence-corrected chi connectivity index (χ3v) is 4.79. The van der Waals surface area contributed by atoms with E-state index in [9.17, 15) is 18.5 Å². The second-order valence-corrected chi connectivity index (χ2v) is 7.89. The SMILES string of the molecule is CC1(C)C[C@@H](CNc2ccc(S(N)(=O)=O)cc2[N+](=O)[O-])CCO1. The molecule has 1 fully saturated rings. The van der Waals surface area contributed by atoms with Crippen LogP contribution in [0.25, 0.3) is 0 Å². The molecule has 1 saturated heterocycles. The summed E-state index contributed by atoms with van der Waals surface area (Å²) in [5.74, 6) is 0.330. The van der Waals surface area contributed by atoms with E-state index in [-0.39, 0.29) is 21.9 Å². The molecule has 1 aromatic carbocycles. The number of rotatable bonds is 5. The Kier molecular flexibility index (Phi) is 4.92. The van der Waals surface area contributed by atoms with Gasteiger partial charge in [-0.3, -0.25) is 10.1 Å². The van der Waals surface area contributed by atoms with Crippen molar-refractivity contribution in [3.05, 3.63) is 28.3 Å². The van der Waals surface area contributed by atoms with Crippen molar-refractivity contribution in [2.24, 2.45) is 11.1 Å². The van der Waals surface area contributed by atoms with Gasteiger partial charge in [0.2, 0.25) is 10.0 Å². The van der Waals surface area contributed by atoms with Crippen LogP contribution in [0, 0.1) is 16.0 Å². The largest absolute Gasteiger partial charge is 0.379 e. The molecule has 1 heterocycles. The number of nitro benzene ring substituents is 1. The first-order chi connectivity index (χ1) is 10.6. The van der Waals surface area contributed by atoms with Crippen LogP contribution in [0.15, 0.2) is 23.1 Å². The van der Waals surface area contributed by atoms with E-state index in [0.717, 1.165) is 18.9 Å². The Morgan fingerprint density at radius 2 is 2.17 bits per heavy atom. The van der Waals surface area contributed by atoms with Crippen molar-refractivity contribution in [1.82, 2.24) is 0 Å². The smallest absolute Gasteiger partial charge is 0.293 e. The van der Waals surface area contributed by atoms with Gasteiger partial charge >= 0.3 is 0 Å². The fourth-order valence-corrected chi connectivity index (χ4v) is 3.31. The molecule has 0 unspecified atom stereocenters. The summed E-state index contributed by atoms with van der Waals surface area (Å²) in [6, 6.07) is 3.62. The van der Waals surface area contributed by atoms with Gasteiger partial charge in [-0.1, -0.05) is 0 Å². The number of anilines is 1. The van der Waals surface area contributed by atoms with Gasteiger partial charge < -0.3 is 10.1 Å². The van der Waals surface area contributed by atoms with Crippen LogP contribution in [0.2, 0.25) is 0 Å². The van der Waals surface area contributed by atoms with Gasteiger partial charge in [0.25, 0.3) is 5.69 Å². The second-order valence-electron chi connectivity index (χ2n) is 6.33. The molecule has 0 spiro atoms. The summed E-state index contributed by atoms with van der Waals surface area (Å²) in [7, 11) is -3.98. The molecule has 128 valence electrons. The maximum atomic E-state index is 11.3. The normalized spacial score (nSPS) is 20.9. The van der Waals surface area contributed by atoms with Crippen LogP contribution in [-0.4, -0.2) is 32.1 Å². The zero-order valence-corrected chi connectivity index (χ0v) is 13.9. The molecule has 0 radical (unpaired) electrons. The first-order valence-electron chi connectivity index (χ1n) is 7.27. The number of nitro groups is 1. The molecule has 0 aliphatic carbocycles. The molecular weight excluding hydrogens is 322 g/mol. The van der Waals surface area contributed by atoms with E-state index >= 15 is 0 Å². The van der Waals surface area contributed by atoms with Crippen molar-refractivity contribution in [2.75, 3.05) is 18.5 Å². The molecule has 2 rings (SSSR count). The van der Waals surface area contributed by atoms with E-state index in [1.165, 1.54) is 12.1 Å². The van der Waals surface area contributed by atoms with Crippen molar-refractivity contribution in [2.45, 2.75) is 37.2 Å². The predicted octanol–water partition coefficient (Wildman–Crippen LogP) is 1.86. The Labute approximate surface area is 135 Å². The van der Waals surface area contributed by atoms with Crippen molar-refractivity contribution in [3.8, 4) is 0 Å². The summed E-state index contributed by atoms with van der Waals surface area (Å²) in [5.41, 5.74) is -0.219. The Morgan fingerprint density at radius 3 is 2.74 bits per heavy atom. The summed E-state index contributed by atoms with van der Waals surface area (Å²) in [6.45, 7) is 5.25. The molecule has 1 aliphatic heterocycles. The molecule has 23 heavy (non-hydrogen) atoms. The first-order valence-corrected chi connectivity index (χ1v) is 8.82. The molecule has 0 amide bonds.